The van der Waals surface area contributed by atoms with Crippen molar-refractivity contribution in [2.75, 3.05) is 13.2 Å². The Kier molecular flexibility index (Phi) is 17.3. The molecule has 0 aromatic heterocycles. The second-order valence-electron chi connectivity index (χ2n) is 1.36. The van der Waals surface area contributed by atoms with Crippen molar-refractivity contribution in [1.82, 2.24) is 0 Å². The average Bonchev–Trinajstić information content (AvgIpc) is 1.63. The maximum atomic E-state index is 9.67. The molecule has 8 heteroatoms. The number of phosphoric acid groups is 1. The number of hydrogen-bond donors (Lipinski definition) is 1. The van der Waals surface area contributed by atoms with E-state index in [9.17, 15) is 14.4 Å². The minimum absolute atomic E-state index is 0. The van der Waals surface area contributed by atoms with E-state index >= 15 is 0 Å². The van der Waals surface area contributed by atoms with Crippen LogP contribution in [0.3, 0.4) is 0 Å². The molecule has 0 fully saturated rings. The fourth-order valence-corrected chi connectivity index (χ4v) is 0.594. The molecule has 0 aliphatic carbocycles. The Morgan fingerprint density at radius 1 is 1.36 bits per heavy atom. The Balaban J connectivity index is -0.000000320. The van der Waals surface area contributed by atoms with Crippen molar-refractivity contribution < 1.29 is 83.1 Å². The van der Waals surface area contributed by atoms with Gasteiger partial charge in [-0.25, -0.2) is 0 Å². The van der Waals surface area contributed by atoms with Crippen LogP contribution in [0.25, 0.3) is 0 Å². The Hall–Kier alpha value is 2.07. The van der Waals surface area contributed by atoms with Gasteiger partial charge >= 0.3 is 59.1 Å². The normalized spacial score (nSPS) is 9.73. The molecular weight excluding hydrogens is 193 g/mol. The summed E-state index contributed by atoms with van der Waals surface area (Å²) in [4.78, 5) is 19.3. The minimum atomic E-state index is -4.81. The predicted molar refractivity (Wildman–Crippen MR) is 25.3 cm³/mol. The monoisotopic (exact) mass is 200 g/mol. The molecule has 0 amide bonds. The molecule has 0 aliphatic rings. The third-order valence-corrected chi connectivity index (χ3v) is 1.05. The van der Waals surface area contributed by atoms with E-state index < -0.39 is 7.82 Å². The summed E-state index contributed by atoms with van der Waals surface area (Å²) < 4.78 is 13.4. The quantitative estimate of drug-likeness (QED) is 0.276. The molecule has 0 unspecified atom stereocenters. The van der Waals surface area contributed by atoms with Gasteiger partial charge in [0.25, 0.3) is 0 Å². The molecule has 0 atom stereocenters. The molecular formula is C3H7Na2O5P. The van der Waals surface area contributed by atoms with E-state index in [2.05, 4.69) is 4.52 Å². The van der Waals surface area contributed by atoms with Gasteiger partial charge in [-0.05, 0) is 6.42 Å². The van der Waals surface area contributed by atoms with Gasteiger partial charge in [-0.2, -0.15) is 0 Å². The van der Waals surface area contributed by atoms with Gasteiger partial charge in [-0.1, -0.05) is 0 Å². The zero-order chi connectivity index (χ0) is 7.33. The first-order chi connectivity index (χ1) is 4.06. The van der Waals surface area contributed by atoms with Crippen LogP contribution in [0.1, 0.15) is 6.42 Å². The molecule has 0 saturated carbocycles. The molecule has 0 aromatic rings. The molecule has 0 bridgehead atoms. The second kappa shape index (κ2) is 10.2. The Morgan fingerprint density at radius 2 is 1.82 bits per heavy atom. The molecule has 0 heterocycles. The van der Waals surface area contributed by atoms with Crippen molar-refractivity contribution in [2.45, 2.75) is 6.42 Å². The summed E-state index contributed by atoms with van der Waals surface area (Å²) >= 11 is 0. The van der Waals surface area contributed by atoms with E-state index in [4.69, 9.17) is 5.11 Å². The average molecular weight is 200 g/mol. The SMILES string of the molecule is O=P([O-])([O-])OCCCO.[Na+].[Na+]. The Labute approximate surface area is 109 Å². The van der Waals surface area contributed by atoms with Gasteiger partial charge in [-0.3, -0.25) is 0 Å². The van der Waals surface area contributed by atoms with E-state index in [0.717, 1.165) is 0 Å². The third kappa shape index (κ3) is 18.8. The predicted octanol–water partition coefficient (Wildman–Crippen LogP) is -7.78. The van der Waals surface area contributed by atoms with Gasteiger partial charge in [0.2, 0.25) is 0 Å². The summed E-state index contributed by atoms with van der Waals surface area (Å²) in [5.74, 6) is 0. The first-order valence-electron chi connectivity index (χ1n) is 2.34. The summed E-state index contributed by atoms with van der Waals surface area (Å²) in [5.41, 5.74) is 0. The summed E-state index contributed by atoms with van der Waals surface area (Å²) in [6.07, 6.45) is 0.161. The second-order valence-corrected chi connectivity index (χ2v) is 2.51. The van der Waals surface area contributed by atoms with Crippen molar-refractivity contribution in [3.8, 4) is 0 Å². The molecule has 0 aliphatic heterocycles. The maximum absolute atomic E-state index is 9.67. The minimum Gasteiger partial charge on any atom is -0.790 e. The van der Waals surface area contributed by atoms with E-state index in [-0.39, 0.29) is 78.7 Å². The largest absolute Gasteiger partial charge is 1.00 e. The van der Waals surface area contributed by atoms with Gasteiger partial charge in [-0.15, -0.1) is 0 Å². The topological polar surface area (TPSA) is 92.7 Å². The van der Waals surface area contributed by atoms with Crippen molar-refractivity contribution in [3.05, 3.63) is 0 Å². The molecule has 1 N–H and O–H groups in total. The van der Waals surface area contributed by atoms with Gasteiger partial charge in [0, 0.05) is 6.61 Å². The Bertz CT molecular complexity index is 114. The fraction of sp³-hybridized carbons (Fsp3) is 1.00. The van der Waals surface area contributed by atoms with E-state index in [1.54, 1.807) is 0 Å². The van der Waals surface area contributed by atoms with E-state index in [1.165, 1.54) is 0 Å². The molecule has 0 rings (SSSR count). The summed E-state index contributed by atoms with van der Waals surface area (Å²) in [5, 5.41) is 8.09. The summed E-state index contributed by atoms with van der Waals surface area (Å²) in [7, 11) is -4.81. The maximum Gasteiger partial charge on any atom is 1.00 e. The van der Waals surface area contributed by atoms with Gasteiger partial charge in [0.15, 0.2) is 0 Å². The van der Waals surface area contributed by atoms with Crippen LogP contribution in [0.5, 0.6) is 0 Å². The smallest absolute Gasteiger partial charge is 0.790 e. The third-order valence-electron chi connectivity index (χ3n) is 0.552. The standard InChI is InChI=1S/C3H9O5P.2Na/c4-2-1-3-8-9(5,6)7;;/h4H,1-3H2,(H2,5,6,7);;/q;2*+1/p-2. The van der Waals surface area contributed by atoms with Crippen molar-refractivity contribution in [2.24, 2.45) is 0 Å². The first-order valence-corrected chi connectivity index (χ1v) is 3.80. The van der Waals surface area contributed by atoms with Crippen LogP contribution >= 0.6 is 7.82 Å². The van der Waals surface area contributed by atoms with Crippen LogP contribution in [-0.2, 0) is 9.09 Å². The number of rotatable bonds is 4. The van der Waals surface area contributed by atoms with E-state index in [0.29, 0.717) is 0 Å². The Morgan fingerprint density at radius 3 is 2.09 bits per heavy atom. The molecule has 0 spiro atoms. The van der Waals surface area contributed by atoms with Gasteiger partial charge < -0.3 is 24.0 Å². The molecule has 11 heavy (non-hydrogen) atoms. The van der Waals surface area contributed by atoms with Crippen LogP contribution in [0.2, 0.25) is 0 Å². The number of aliphatic hydroxyl groups excluding tert-OH is 1. The number of phosphoric ester groups is 1. The van der Waals surface area contributed by atoms with Crippen molar-refractivity contribution in [1.29, 1.82) is 0 Å². The number of hydrogen-bond acceptors (Lipinski definition) is 5. The molecule has 5 nitrogen and oxygen atoms in total. The summed E-state index contributed by atoms with van der Waals surface area (Å²) in [6.45, 7) is -0.416. The fourth-order valence-electron chi connectivity index (χ4n) is 0.241. The van der Waals surface area contributed by atoms with Gasteiger partial charge in [0.05, 0.1) is 14.4 Å². The van der Waals surface area contributed by atoms with Gasteiger partial charge in [0.1, 0.15) is 0 Å². The summed E-state index contributed by atoms with van der Waals surface area (Å²) in [6, 6.07) is 0. The van der Waals surface area contributed by atoms with Crippen LogP contribution in [-0.4, -0.2) is 18.3 Å². The van der Waals surface area contributed by atoms with Crippen molar-refractivity contribution in [3.63, 3.8) is 0 Å². The molecule has 0 aromatic carbocycles. The zero-order valence-electron chi connectivity index (χ0n) is 6.65. The van der Waals surface area contributed by atoms with Crippen LogP contribution < -0.4 is 68.9 Å². The van der Waals surface area contributed by atoms with E-state index in [1.807, 2.05) is 0 Å². The molecule has 0 radical (unpaired) electrons. The first kappa shape index (κ1) is 18.8. The van der Waals surface area contributed by atoms with Crippen LogP contribution in [0.15, 0.2) is 0 Å². The van der Waals surface area contributed by atoms with Crippen molar-refractivity contribution >= 4 is 7.82 Å². The zero-order valence-corrected chi connectivity index (χ0v) is 11.5. The van der Waals surface area contributed by atoms with Crippen LogP contribution in [0.4, 0.5) is 0 Å². The number of aliphatic hydroxyl groups is 1. The van der Waals surface area contributed by atoms with Crippen LogP contribution in [0, 0.1) is 0 Å². The molecule has 56 valence electrons. The molecule has 0 saturated heterocycles.